The second-order valence-electron chi connectivity index (χ2n) is 7.73. The van der Waals surface area contributed by atoms with Crippen LogP contribution in [0.15, 0.2) is 75.7 Å². The molecule has 0 bridgehead atoms. The van der Waals surface area contributed by atoms with Crippen LogP contribution in [0.2, 0.25) is 0 Å². The predicted molar refractivity (Wildman–Crippen MR) is 136 cm³/mol. The number of methoxy groups -OCH3 is 2. The van der Waals surface area contributed by atoms with Crippen LogP contribution in [0.4, 0.5) is 0 Å². The summed E-state index contributed by atoms with van der Waals surface area (Å²) in [4.78, 5) is 31.5. The highest BCUT2D eigenvalue weighted by atomic mass is 32.1. The van der Waals surface area contributed by atoms with Gasteiger partial charge in [-0.05, 0) is 43.2 Å². The van der Waals surface area contributed by atoms with Gasteiger partial charge in [0.1, 0.15) is 0 Å². The number of hydrogen-bond donors (Lipinski definition) is 0. The Morgan fingerprint density at radius 2 is 1.83 bits per heavy atom. The first-order chi connectivity index (χ1) is 17.0. The average molecular weight is 491 g/mol. The maximum atomic E-state index is 13.6. The molecule has 0 saturated carbocycles. The molecule has 0 spiro atoms. The summed E-state index contributed by atoms with van der Waals surface area (Å²) < 4.78 is 18.0. The summed E-state index contributed by atoms with van der Waals surface area (Å²) in [5.74, 6) is 0.690. The van der Waals surface area contributed by atoms with E-state index in [0.717, 1.165) is 11.1 Å². The summed E-state index contributed by atoms with van der Waals surface area (Å²) >= 11 is 1.27. The van der Waals surface area contributed by atoms with Crippen LogP contribution in [0.5, 0.6) is 11.5 Å². The first kappa shape index (κ1) is 24.2. The maximum Gasteiger partial charge on any atom is 0.338 e. The third-order valence-electron chi connectivity index (χ3n) is 5.54. The second kappa shape index (κ2) is 10.6. The number of allylic oxidation sites excluding steroid dienone is 2. The van der Waals surface area contributed by atoms with Crippen LogP contribution in [0.1, 0.15) is 31.0 Å². The number of nitrogens with zero attached hydrogens (tertiary/aromatic N) is 2. The van der Waals surface area contributed by atoms with Crippen molar-refractivity contribution in [3.05, 3.63) is 96.7 Å². The number of fused-ring (bicyclic) bond motifs is 1. The molecule has 7 nitrogen and oxygen atoms in total. The molecule has 2 aromatic carbocycles. The Hall–Kier alpha value is -3.91. The number of esters is 1. The SMILES string of the molecule is CCOC(=O)C1=C(C)N=c2s/c(=C/c3ccc(OC)c(OC)c3)c(=O)n2[C@H]1/C=C/c1ccccc1. The number of rotatable bonds is 7. The van der Waals surface area contributed by atoms with E-state index >= 15 is 0 Å². The van der Waals surface area contributed by atoms with E-state index in [4.69, 9.17) is 14.2 Å². The lowest BCUT2D eigenvalue weighted by Gasteiger charge is -2.21. The first-order valence-electron chi connectivity index (χ1n) is 11.1. The van der Waals surface area contributed by atoms with Gasteiger partial charge in [0.25, 0.3) is 5.56 Å². The van der Waals surface area contributed by atoms with Crippen LogP contribution >= 0.6 is 11.3 Å². The van der Waals surface area contributed by atoms with Gasteiger partial charge in [0.2, 0.25) is 0 Å². The molecule has 0 unspecified atom stereocenters. The molecule has 0 radical (unpaired) electrons. The van der Waals surface area contributed by atoms with Crippen molar-refractivity contribution >= 4 is 29.5 Å². The molecule has 180 valence electrons. The van der Waals surface area contributed by atoms with Crippen LogP contribution in [0.25, 0.3) is 12.2 Å². The lowest BCUT2D eigenvalue weighted by Crippen LogP contribution is -2.38. The molecule has 35 heavy (non-hydrogen) atoms. The largest absolute Gasteiger partial charge is 0.493 e. The van der Waals surface area contributed by atoms with Gasteiger partial charge < -0.3 is 14.2 Å². The number of hydrogen-bond acceptors (Lipinski definition) is 7. The monoisotopic (exact) mass is 490 g/mol. The molecule has 1 atom stereocenters. The third kappa shape index (κ3) is 4.97. The van der Waals surface area contributed by atoms with Gasteiger partial charge in [-0.3, -0.25) is 9.36 Å². The normalized spacial score (nSPS) is 15.7. The minimum absolute atomic E-state index is 0.231. The fraction of sp³-hybridized carbons (Fsp3) is 0.222. The number of ether oxygens (including phenoxy) is 3. The van der Waals surface area contributed by atoms with Crippen molar-refractivity contribution in [3.8, 4) is 11.5 Å². The number of carbonyl (C=O) groups is 1. The maximum absolute atomic E-state index is 13.6. The number of carbonyl (C=O) groups excluding carboxylic acids is 1. The zero-order valence-electron chi connectivity index (χ0n) is 20.0. The van der Waals surface area contributed by atoms with Gasteiger partial charge in [0.05, 0.1) is 42.7 Å². The third-order valence-corrected chi connectivity index (χ3v) is 6.52. The lowest BCUT2D eigenvalue weighted by molar-refractivity contribution is -0.139. The van der Waals surface area contributed by atoms with Crippen LogP contribution in [0.3, 0.4) is 0 Å². The van der Waals surface area contributed by atoms with Crippen LogP contribution in [-0.2, 0) is 9.53 Å². The van der Waals surface area contributed by atoms with Gasteiger partial charge in [0.15, 0.2) is 16.3 Å². The molecule has 1 aromatic heterocycles. The van der Waals surface area contributed by atoms with E-state index in [-0.39, 0.29) is 12.2 Å². The Labute approximate surface area is 206 Å². The van der Waals surface area contributed by atoms with Gasteiger partial charge in [0, 0.05) is 0 Å². The van der Waals surface area contributed by atoms with Gasteiger partial charge in [-0.15, -0.1) is 0 Å². The molecule has 1 aliphatic rings. The molecule has 0 amide bonds. The summed E-state index contributed by atoms with van der Waals surface area (Å²) in [6, 6.07) is 14.5. The number of aromatic nitrogens is 1. The molecular weight excluding hydrogens is 464 g/mol. The fourth-order valence-electron chi connectivity index (χ4n) is 3.88. The second-order valence-corrected chi connectivity index (χ2v) is 8.74. The Morgan fingerprint density at radius 3 is 2.51 bits per heavy atom. The quantitative estimate of drug-likeness (QED) is 0.474. The van der Waals surface area contributed by atoms with Crippen molar-refractivity contribution in [1.29, 1.82) is 0 Å². The Morgan fingerprint density at radius 1 is 1.09 bits per heavy atom. The molecule has 3 aromatic rings. The molecule has 4 rings (SSSR count). The van der Waals surface area contributed by atoms with Crippen molar-refractivity contribution in [2.24, 2.45) is 4.99 Å². The first-order valence-corrected chi connectivity index (χ1v) is 11.9. The summed E-state index contributed by atoms with van der Waals surface area (Å²) in [7, 11) is 3.14. The number of benzene rings is 2. The van der Waals surface area contributed by atoms with E-state index in [9.17, 15) is 9.59 Å². The van der Waals surface area contributed by atoms with E-state index in [1.807, 2.05) is 48.6 Å². The van der Waals surface area contributed by atoms with Crippen molar-refractivity contribution in [1.82, 2.24) is 4.57 Å². The van der Waals surface area contributed by atoms with Crippen molar-refractivity contribution in [2.75, 3.05) is 20.8 Å². The van der Waals surface area contributed by atoms with Gasteiger partial charge in [-0.1, -0.05) is 59.9 Å². The van der Waals surface area contributed by atoms with Crippen molar-refractivity contribution in [2.45, 2.75) is 19.9 Å². The molecule has 0 fully saturated rings. The number of thiazole rings is 1. The summed E-state index contributed by atoms with van der Waals surface area (Å²) in [6.07, 6.45) is 5.53. The average Bonchev–Trinajstić information content (AvgIpc) is 3.17. The smallest absolute Gasteiger partial charge is 0.338 e. The highest BCUT2D eigenvalue weighted by molar-refractivity contribution is 7.07. The predicted octanol–water partition coefficient (Wildman–Crippen LogP) is 3.48. The minimum Gasteiger partial charge on any atom is -0.493 e. The van der Waals surface area contributed by atoms with Gasteiger partial charge in [-0.2, -0.15) is 0 Å². The van der Waals surface area contributed by atoms with E-state index in [1.165, 1.54) is 11.3 Å². The van der Waals surface area contributed by atoms with Crippen LogP contribution in [-0.4, -0.2) is 31.4 Å². The van der Waals surface area contributed by atoms with E-state index < -0.39 is 12.0 Å². The van der Waals surface area contributed by atoms with E-state index in [2.05, 4.69) is 4.99 Å². The molecule has 2 heterocycles. The highest BCUT2D eigenvalue weighted by Crippen LogP contribution is 2.28. The standard InChI is InChI=1S/C27H26N2O5S/c1-5-34-26(31)24-17(2)28-27-29(20(24)13-11-18-9-7-6-8-10-18)25(30)23(35-27)16-19-12-14-21(32-3)22(15-19)33-4/h6-16,20H,5H2,1-4H3/b13-11+,23-16+/t20-/m0/s1. The molecular formula is C27H26N2O5S. The van der Waals surface area contributed by atoms with E-state index in [1.54, 1.807) is 50.8 Å². The lowest BCUT2D eigenvalue weighted by atomic mass is 10.0. The Kier molecular flexibility index (Phi) is 7.31. The molecule has 8 heteroatoms. The van der Waals surface area contributed by atoms with Crippen LogP contribution < -0.4 is 24.4 Å². The molecule has 0 saturated heterocycles. The zero-order chi connectivity index (χ0) is 24.9. The molecule has 0 N–H and O–H groups in total. The van der Waals surface area contributed by atoms with Gasteiger partial charge in [-0.25, -0.2) is 9.79 Å². The van der Waals surface area contributed by atoms with Crippen molar-refractivity contribution in [3.63, 3.8) is 0 Å². The summed E-state index contributed by atoms with van der Waals surface area (Å²) in [5.41, 5.74) is 2.39. The van der Waals surface area contributed by atoms with Gasteiger partial charge >= 0.3 is 5.97 Å². The summed E-state index contributed by atoms with van der Waals surface area (Å²) in [6.45, 7) is 3.75. The topological polar surface area (TPSA) is 79.1 Å². The van der Waals surface area contributed by atoms with Crippen LogP contribution in [0, 0.1) is 0 Å². The molecule has 1 aliphatic heterocycles. The molecule has 0 aliphatic carbocycles. The minimum atomic E-state index is -0.641. The highest BCUT2D eigenvalue weighted by Gasteiger charge is 2.30. The summed E-state index contributed by atoms with van der Waals surface area (Å²) in [5, 5.41) is 0. The zero-order valence-corrected chi connectivity index (χ0v) is 20.8. The van der Waals surface area contributed by atoms with Crippen molar-refractivity contribution < 1.29 is 19.0 Å². The van der Waals surface area contributed by atoms with E-state index in [0.29, 0.717) is 32.1 Å². The Balaban J connectivity index is 1.86. The fourth-order valence-corrected chi connectivity index (χ4v) is 4.93. The Bertz CT molecular complexity index is 1480.